The Morgan fingerprint density at radius 3 is 2.76 bits per heavy atom. The second-order valence-electron chi connectivity index (χ2n) is 7.30. The van der Waals surface area contributed by atoms with Crippen LogP contribution >= 0.6 is 11.9 Å². The Bertz CT molecular complexity index is 760. The predicted molar refractivity (Wildman–Crippen MR) is 105 cm³/mol. The fraction of sp³-hybridized carbons (Fsp3) is 0.450. The highest BCUT2D eigenvalue weighted by atomic mass is 32.2. The summed E-state index contributed by atoms with van der Waals surface area (Å²) in [7, 11) is 0. The van der Waals surface area contributed by atoms with Crippen molar-refractivity contribution in [1.82, 2.24) is 0 Å². The van der Waals surface area contributed by atoms with Gasteiger partial charge in [-0.2, -0.15) is 0 Å². The van der Waals surface area contributed by atoms with E-state index in [1.165, 1.54) is 12.8 Å². The highest BCUT2D eigenvalue weighted by Crippen LogP contribution is 2.84. The molecule has 0 atom stereocenters. The third kappa shape index (κ3) is 2.88. The largest absolute Gasteiger partial charge is 0.404 e. The average Bonchev–Trinajstić information content (AvgIpc) is 3.51. The van der Waals surface area contributed by atoms with Crippen molar-refractivity contribution in [2.75, 3.05) is 11.4 Å². The molecule has 3 aliphatic rings. The van der Waals surface area contributed by atoms with Crippen LogP contribution in [0.5, 0.6) is 0 Å². The van der Waals surface area contributed by atoms with Crippen LogP contribution in [0.1, 0.15) is 38.2 Å². The van der Waals surface area contributed by atoms with Crippen LogP contribution in [0.2, 0.25) is 0 Å². The van der Waals surface area contributed by atoms with E-state index >= 15 is 0 Å². The molecular formula is C20H24FN3S. The molecule has 3 aliphatic carbocycles. The van der Waals surface area contributed by atoms with Crippen LogP contribution in [0.3, 0.4) is 0 Å². The normalized spacial score (nSPS) is 30.2. The fourth-order valence-corrected chi connectivity index (χ4v) is 4.17. The molecule has 3 fully saturated rings. The van der Waals surface area contributed by atoms with E-state index in [1.54, 1.807) is 18.1 Å². The minimum Gasteiger partial charge on any atom is -0.404 e. The zero-order valence-electron chi connectivity index (χ0n) is 14.5. The number of rotatable bonds is 8. The van der Waals surface area contributed by atoms with Gasteiger partial charge in [0, 0.05) is 41.2 Å². The number of allylic oxidation sites excluding steroid dienone is 2. The Balaban J connectivity index is 1.53. The maximum atomic E-state index is 14.1. The summed E-state index contributed by atoms with van der Waals surface area (Å²) in [6.45, 7) is 7.06. The quantitative estimate of drug-likeness (QED) is 0.541. The van der Waals surface area contributed by atoms with Gasteiger partial charge in [-0.15, -0.1) is 0 Å². The molecule has 4 rings (SSSR count). The first kappa shape index (κ1) is 16.7. The molecule has 0 saturated heterocycles. The zero-order valence-corrected chi connectivity index (χ0v) is 15.4. The number of anilines is 1. The SMILES string of the molecule is C=C(N(CC)c1cccc(C(C=NSC2CC2)=CN)c1)C12CC1(F)C2. The van der Waals surface area contributed by atoms with Crippen molar-refractivity contribution in [3.63, 3.8) is 0 Å². The fourth-order valence-electron chi connectivity index (χ4n) is 3.48. The van der Waals surface area contributed by atoms with Gasteiger partial charge in [-0.05, 0) is 62.3 Å². The third-order valence-corrected chi connectivity index (χ3v) is 6.56. The number of nitrogens with two attached hydrogens (primary N) is 1. The summed E-state index contributed by atoms with van der Waals surface area (Å²) < 4.78 is 18.6. The summed E-state index contributed by atoms with van der Waals surface area (Å²) in [5.74, 6) is 0. The van der Waals surface area contributed by atoms with Gasteiger partial charge in [0.1, 0.15) is 5.67 Å². The lowest BCUT2D eigenvalue weighted by molar-refractivity contribution is 0.390. The number of nitrogens with zero attached hydrogens (tertiary/aromatic N) is 2. The van der Waals surface area contributed by atoms with Gasteiger partial charge in [0.15, 0.2) is 0 Å². The van der Waals surface area contributed by atoms with Crippen molar-refractivity contribution < 1.29 is 4.39 Å². The van der Waals surface area contributed by atoms with Crippen LogP contribution in [0.15, 0.2) is 47.1 Å². The molecule has 0 aromatic heterocycles. The van der Waals surface area contributed by atoms with Gasteiger partial charge < -0.3 is 10.6 Å². The number of alkyl halides is 1. The molecule has 1 aromatic carbocycles. The molecule has 0 heterocycles. The first-order valence-electron chi connectivity index (χ1n) is 8.90. The first-order chi connectivity index (χ1) is 12.0. The van der Waals surface area contributed by atoms with E-state index in [4.69, 9.17) is 5.73 Å². The molecule has 0 spiro atoms. The van der Waals surface area contributed by atoms with Gasteiger partial charge in [0.2, 0.25) is 0 Å². The van der Waals surface area contributed by atoms with Crippen molar-refractivity contribution >= 4 is 29.4 Å². The van der Waals surface area contributed by atoms with Crippen molar-refractivity contribution in [2.45, 2.75) is 43.5 Å². The number of halogens is 1. The minimum atomic E-state index is -0.968. The number of hydrogen-bond donors (Lipinski definition) is 1. The standard InChI is InChI=1S/C20H24FN3S/c1-3-24(14(2)19-12-20(19,21)13-19)17-6-4-5-15(9-17)16(10-22)11-23-25-18-7-8-18/h4-6,9-11,18H,2-3,7-8,12-13,22H2,1H3. The molecular weight excluding hydrogens is 333 g/mol. The smallest absolute Gasteiger partial charge is 0.124 e. The topological polar surface area (TPSA) is 41.6 Å². The molecule has 0 aliphatic heterocycles. The lowest BCUT2D eigenvalue weighted by atomic mass is 10.1. The van der Waals surface area contributed by atoms with E-state index in [2.05, 4.69) is 28.9 Å². The van der Waals surface area contributed by atoms with Crippen molar-refractivity contribution in [1.29, 1.82) is 0 Å². The summed E-state index contributed by atoms with van der Waals surface area (Å²) in [6.07, 6.45) is 7.20. The van der Waals surface area contributed by atoms with E-state index < -0.39 is 5.67 Å². The van der Waals surface area contributed by atoms with Crippen LogP contribution in [-0.4, -0.2) is 23.7 Å². The Morgan fingerprint density at radius 1 is 1.48 bits per heavy atom. The van der Waals surface area contributed by atoms with Crippen LogP contribution in [0.25, 0.3) is 5.57 Å². The van der Waals surface area contributed by atoms with Gasteiger partial charge in [0.05, 0.1) is 5.41 Å². The number of benzene rings is 1. The Labute approximate surface area is 153 Å². The highest BCUT2D eigenvalue weighted by molar-refractivity contribution is 7.99. The summed E-state index contributed by atoms with van der Waals surface area (Å²) in [5, 5.41) is 0.679. The molecule has 0 radical (unpaired) electrons. The second-order valence-corrected chi connectivity index (χ2v) is 8.39. The molecule has 132 valence electrons. The van der Waals surface area contributed by atoms with Crippen molar-refractivity contribution in [2.24, 2.45) is 15.5 Å². The molecule has 3 nitrogen and oxygen atoms in total. The zero-order chi connectivity index (χ0) is 17.7. The maximum Gasteiger partial charge on any atom is 0.124 e. The lowest BCUT2D eigenvalue weighted by Crippen LogP contribution is -2.24. The summed E-state index contributed by atoms with van der Waals surface area (Å²) in [4.78, 5) is 2.13. The first-order valence-corrected chi connectivity index (χ1v) is 9.74. The van der Waals surface area contributed by atoms with Gasteiger partial charge in [-0.1, -0.05) is 18.7 Å². The van der Waals surface area contributed by atoms with Gasteiger partial charge >= 0.3 is 0 Å². The molecule has 2 N–H and O–H groups in total. The lowest BCUT2D eigenvalue weighted by Gasteiger charge is -2.27. The van der Waals surface area contributed by atoms with E-state index in [0.717, 1.165) is 29.1 Å². The van der Waals surface area contributed by atoms with Crippen LogP contribution < -0.4 is 10.6 Å². The van der Waals surface area contributed by atoms with Crippen LogP contribution in [0, 0.1) is 5.41 Å². The summed E-state index contributed by atoms with van der Waals surface area (Å²) >= 11 is 1.62. The minimum absolute atomic E-state index is 0.284. The van der Waals surface area contributed by atoms with Gasteiger partial charge in [-0.25, -0.2) is 8.79 Å². The third-order valence-electron chi connectivity index (χ3n) is 5.56. The number of fused-ring (bicyclic) bond motifs is 1. The molecule has 1 aromatic rings. The molecule has 25 heavy (non-hydrogen) atoms. The van der Waals surface area contributed by atoms with E-state index in [-0.39, 0.29) is 5.41 Å². The summed E-state index contributed by atoms with van der Waals surface area (Å²) in [6, 6.07) is 8.16. The predicted octanol–water partition coefficient (Wildman–Crippen LogP) is 4.71. The second kappa shape index (κ2) is 5.90. The van der Waals surface area contributed by atoms with Crippen LogP contribution in [-0.2, 0) is 0 Å². The van der Waals surface area contributed by atoms with Gasteiger partial charge in [0.25, 0.3) is 0 Å². The van der Waals surface area contributed by atoms with Crippen molar-refractivity contribution in [3.8, 4) is 0 Å². The van der Waals surface area contributed by atoms with Crippen LogP contribution in [0.4, 0.5) is 10.1 Å². The molecule has 5 heteroatoms. The van der Waals surface area contributed by atoms with Gasteiger partial charge in [-0.3, -0.25) is 0 Å². The van der Waals surface area contributed by atoms with E-state index in [9.17, 15) is 4.39 Å². The monoisotopic (exact) mass is 357 g/mol. The van der Waals surface area contributed by atoms with E-state index in [1.807, 2.05) is 24.4 Å². The molecule has 3 saturated carbocycles. The Kier molecular flexibility index (Phi) is 3.95. The van der Waals surface area contributed by atoms with E-state index in [0.29, 0.717) is 18.1 Å². The molecule has 0 amide bonds. The Hall–Kier alpha value is -1.75. The molecule has 0 unspecified atom stereocenters. The summed E-state index contributed by atoms with van der Waals surface area (Å²) in [5.41, 5.74) is 8.41. The molecule has 0 bridgehead atoms. The van der Waals surface area contributed by atoms with Crippen molar-refractivity contribution in [3.05, 3.63) is 48.3 Å². The Morgan fingerprint density at radius 2 is 2.20 bits per heavy atom. The number of hydrogen-bond acceptors (Lipinski definition) is 4. The highest BCUT2D eigenvalue weighted by Gasteiger charge is 2.87. The maximum absolute atomic E-state index is 14.1. The average molecular weight is 357 g/mol.